The van der Waals surface area contributed by atoms with E-state index in [1.165, 1.54) is 32.1 Å². The molecule has 5 fully saturated rings. The number of likely N-dealkylation sites (tertiary alicyclic amines) is 1. The van der Waals surface area contributed by atoms with Gasteiger partial charge in [-0.3, -0.25) is 9.59 Å². The molecular weight excluding hydrogens is 515 g/mol. The molecule has 2 atom stereocenters. The molecule has 4 saturated carbocycles. The quantitative estimate of drug-likeness (QED) is 0.475. The summed E-state index contributed by atoms with van der Waals surface area (Å²) < 4.78 is 37.2. The van der Waals surface area contributed by atoms with E-state index in [0.29, 0.717) is 37.5 Å². The zero-order chi connectivity index (χ0) is 28.3. The normalized spacial score (nSPS) is 29.8. The molecule has 11 heteroatoms. The van der Waals surface area contributed by atoms with Gasteiger partial charge in [0.05, 0.1) is 12.6 Å². The van der Waals surface area contributed by atoms with E-state index in [4.69, 9.17) is 20.4 Å². The van der Waals surface area contributed by atoms with E-state index in [1.807, 2.05) is 31.2 Å². The van der Waals surface area contributed by atoms with Crippen molar-refractivity contribution in [1.82, 2.24) is 10.2 Å². The molecule has 1 aromatic rings. The molecule has 4 N–H and O–H groups in total. The van der Waals surface area contributed by atoms with E-state index in [9.17, 15) is 22.8 Å². The molecule has 216 valence electrons. The van der Waals surface area contributed by atoms with Gasteiger partial charge >= 0.3 is 12.1 Å². The molecule has 39 heavy (non-hydrogen) atoms. The Kier molecular flexibility index (Phi) is 9.08. The maximum absolute atomic E-state index is 13.3. The number of aliphatic carboxylic acids is 1. The molecule has 1 aliphatic heterocycles. The first-order valence-corrected chi connectivity index (χ1v) is 13.8. The van der Waals surface area contributed by atoms with Gasteiger partial charge in [-0.1, -0.05) is 12.1 Å². The number of carboxylic acid groups (broad SMARTS) is 1. The van der Waals surface area contributed by atoms with E-state index < -0.39 is 18.2 Å². The molecule has 0 unspecified atom stereocenters. The lowest BCUT2D eigenvalue weighted by molar-refractivity contribution is -0.192. The predicted octanol–water partition coefficient (Wildman–Crippen LogP) is 3.52. The maximum Gasteiger partial charge on any atom is 0.490 e. The number of carboxylic acids is 1. The lowest BCUT2D eigenvalue weighted by Gasteiger charge is -2.54. The molecule has 0 spiro atoms. The van der Waals surface area contributed by atoms with Crippen LogP contribution in [0.5, 0.6) is 5.75 Å². The Bertz CT molecular complexity index is 1000. The standard InChI is InChI=1S/C26H37N3O3.C2HF3O2/c1-2-32-21-7-5-16(6-8-21)15-22(27)26(31)29-9-3-4-23(29)25(30)28-24-19-11-17-10-18(13-19)14-20(24)12-17;3-2(4,5)1(6)7/h5-8,17-20,22-24H,2-4,9-15,27H2,1H3,(H,28,30);(H,6,7)/t17?,18?,19?,20?,22-,23+,24?;/m0./s1. The summed E-state index contributed by atoms with van der Waals surface area (Å²) in [6, 6.07) is 7.04. The highest BCUT2D eigenvalue weighted by molar-refractivity contribution is 5.90. The van der Waals surface area contributed by atoms with Gasteiger partial charge in [-0.05, 0) is 99.7 Å². The van der Waals surface area contributed by atoms with Crippen molar-refractivity contribution >= 4 is 17.8 Å². The number of carbonyl (C=O) groups is 3. The Morgan fingerprint density at radius 3 is 2.15 bits per heavy atom. The average Bonchev–Trinajstić information content (AvgIpc) is 3.36. The summed E-state index contributed by atoms with van der Waals surface area (Å²) in [5.41, 5.74) is 7.32. The summed E-state index contributed by atoms with van der Waals surface area (Å²) in [6.07, 6.45) is 3.49. The van der Waals surface area contributed by atoms with Gasteiger partial charge in [0.1, 0.15) is 11.8 Å². The zero-order valence-electron chi connectivity index (χ0n) is 22.2. The number of hydrogen-bond acceptors (Lipinski definition) is 5. The minimum atomic E-state index is -5.08. The number of nitrogens with zero attached hydrogens (tertiary/aromatic N) is 1. The third-order valence-electron chi connectivity index (χ3n) is 8.62. The Balaban J connectivity index is 0.000000448. The molecule has 1 aromatic carbocycles. The largest absolute Gasteiger partial charge is 0.494 e. The molecule has 1 heterocycles. The monoisotopic (exact) mass is 553 g/mol. The Labute approximate surface area is 226 Å². The van der Waals surface area contributed by atoms with E-state index in [-0.39, 0.29) is 17.9 Å². The Morgan fingerprint density at radius 2 is 1.64 bits per heavy atom. The topological polar surface area (TPSA) is 122 Å². The number of alkyl halides is 3. The summed E-state index contributed by atoms with van der Waals surface area (Å²) >= 11 is 0. The van der Waals surface area contributed by atoms with Gasteiger partial charge in [0.15, 0.2) is 0 Å². The number of nitrogens with two attached hydrogens (primary N) is 1. The van der Waals surface area contributed by atoms with Crippen LogP contribution in [0.4, 0.5) is 13.2 Å². The van der Waals surface area contributed by atoms with E-state index in [2.05, 4.69) is 5.32 Å². The van der Waals surface area contributed by atoms with Crippen LogP contribution in [0.2, 0.25) is 0 Å². The van der Waals surface area contributed by atoms with Crippen molar-refractivity contribution in [1.29, 1.82) is 0 Å². The van der Waals surface area contributed by atoms with Gasteiger partial charge in [0, 0.05) is 12.6 Å². The lowest BCUT2D eigenvalue weighted by atomic mass is 9.54. The van der Waals surface area contributed by atoms with Crippen molar-refractivity contribution in [2.75, 3.05) is 13.2 Å². The summed E-state index contributed by atoms with van der Waals surface area (Å²) in [6.45, 7) is 3.20. The zero-order valence-corrected chi connectivity index (χ0v) is 22.2. The van der Waals surface area contributed by atoms with Crippen LogP contribution in [-0.2, 0) is 20.8 Å². The second-order valence-electron chi connectivity index (χ2n) is 11.3. The average molecular weight is 554 g/mol. The fraction of sp³-hybridized carbons (Fsp3) is 0.679. The van der Waals surface area contributed by atoms with Crippen molar-refractivity contribution < 1.29 is 37.4 Å². The van der Waals surface area contributed by atoms with Crippen molar-refractivity contribution in [3.05, 3.63) is 29.8 Å². The van der Waals surface area contributed by atoms with Crippen LogP contribution >= 0.6 is 0 Å². The lowest BCUT2D eigenvalue weighted by Crippen LogP contribution is -2.59. The molecule has 4 bridgehead atoms. The first-order valence-electron chi connectivity index (χ1n) is 13.8. The van der Waals surface area contributed by atoms with Gasteiger partial charge in [-0.25, -0.2) is 4.79 Å². The molecular formula is C28H38F3N3O5. The third-order valence-corrected chi connectivity index (χ3v) is 8.62. The van der Waals surface area contributed by atoms with Crippen LogP contribution in [0.1, 0.15) is 57.4 Å². The van der Waals surface area contributed by atoms with Crippen LogP contribution in [0.3, 0.4) is 0 Å². The maximum atomic E-state index is 13.3. The van der Waals surface area contributed by atoms with Gasteiger partial charge in [0.2, 0.25) is 11.8 Å². The number of carbonyl (C=O) groups excluding carboxylic acids is 2. The van der Waals surface area contributed by atoms with Crippen molar-refractivity contribution in [3.63, 3.8) is 0 Å². The molecule has 4 aliphatic carbocycles. The van der Waals surface area contributed by atoms with Crippen LogP contribution in [0.25, 0.3) is 0 Å². The van der Waals surface area contributed by atoms with Gasteiger partial charge in [-0.2, -0.15) is 13.2 Å². The van der Waals surface area contributed by atoms with Crippen LogP contribution in [0, 0.1) is 23.7 Å². The molecule has 2 amide bonds. The number of nitrogens with one attached hydrogen (secondary N) is 1. The second-order valence-corrected chi connectivity index (χ2v) is 11.3. The fourth-order valence-corrected chi connectivity index (χ4v) is 7.17. The van der Waals surface area contributed by atoms with Crippen molar-refractivity contribution in [2.24, 2.45) is 29.4 Å². The minimum absolute atomic E-state index is 0.0431. The van der Waals surface area contributed by atoms with Gasteiger partial charge < -0.3 is 25.8 Å². The number of amides is 2. The number of benzene rings is 1. The SMILES string of the molecule is CCOc1ccc(C[C@H](N)C(=O)N2CCC[C@@H]2C(=O)NC2C3CC4CC(C3)CC2C4)cc1.O=C(O)C(F)(F)F. The van der Waals surface area contributed by atoms with Gasteiger partial charge in [-0.15, -0.1) is 0 Å². The molecule has 8 nitrogen and oxygen atoms in total. The highest BCUT2D eigenvalue weighted by Crippen LogP contribution is 2.53. The van der Waals surface area contributed by atoms with Gasteiger partial charge in [0.25, 0.3) is 0 Å². The number of hydrogen-bond donors (Lipinski definition) is 3. The first kappa shape index (κ1) is 29.2. The molecule has 6 rings (SSSR count). The van der Waals surface area contributed by atoms with E-state index >= 15 is 0 Å². The number of rotatable bonds is 7. The number of ether oxygens (including phenoxy) is 1. The summed E-state index contributed by atoms with van der Waals surface area (Å²) in [5.74, 6) is 1.05. The summed E-state index contributed by atoms with van der Waals surface area (Å²) in [5, 5.41) is 10.5. The third kappa shape index (κ3) is 7.04. The van der Waals surface area contributed by atoms with Crippen LogP contribution in [-0.4, -0.2) is 65.2 Å². The second kappa shape index (κ2) is 12.1. The molecule has 0 radical (unpaired) electrons. The Morgan fingerprint density at radius 1 is 1.08 bits per heavy atom. The Hall–Kier alpha value is -2.82. The summed E-state index contributed by atoms with van der Waals surface area (Å²) in [7, 11) is 0. The van der Waals surface area contributed by atoms with Crippen molar-refractivity contribution in [2.45, 2.75) is 82.6 Å². The van der Waals surface area contributed by atoms with Crippen LogP contribution < -0.4 is 15.8 Å². The van der Waals surface area contributed by atoms with E-state index in [1.54, 1.807) is 4.90 Å². The predicted molar refractivity (Wildman–Crippen MR) is 137 cm³/mol. The molecule has 0 aromatic heterocycles. The molecule has 5 aliphatic rings. The summed E-state index contributed by atoms with van der Waals surface area (Å²) in [4.78, 5) is 37.1. The highest BCUT2D eigenvalue weighted by Gasteiger charge is 2.49. The number of halogens is 3. The fourth-order valence-electron chi connectivity index (χ4n) is 7.17. The van der Waals surface area contributed by atoms with E-state index in [0.717, 1.165) is 36.0 Å². The first-order chi connectivity index (χ1) is 18.5. The highest BCUT2D eigenvalue weighted by atomic mass is 19.4. The van der Waals surface area contributed by atoms with Crippen molar-refractivity contribution in [3.8, 4) is 5.75 Å². The smallest absolute Gasteiger partial charge is 0.490 e. The molecule has 1 saturated heterocycles. The minimum Gasteiger partial charge on any atom is -0.494 e. The van der Waals surface area contributed by atoms with Crippen LogP contribution in [0.15, 0.2) is 24.3 Å².